The molecule has 6 heteroatoms. The zero-order valence-corrected chi connectivity index (χ0v) is 8.60. The Labute approximate surface area is 86.9 Å². The third kappa shape index (κ3) is 3.41. The zero-order valence-electron chi connectivity index (χ0n) is 8.60. The standard InChI is InChI=1S/C9H13N3O3/c1-6(2)11-8(13)4-12-3-7(9(14)15)10-5-12/h3,5-6H,4H2,1-2H3,(H,11,13)(H,14,15). The largest absolute Gasteiger partial charge is 0.476 e. The molecule has 0 aliphatic rings. The highest BCUT2D eigenvalue weighted by Crippen LogP contribution is 1.95. The molecule has 1 rings (SSSR count). The van der Waals surface area contributed by atoms with Gasteiger partial charge in [0.1, 0.15) is 6.54 Å². The molecule has 0 radical (unpaired) electrons. The molecule has 0 bridgehead atoms. The quantitative estimate of drug-likeness (QED) is 0.740. The maximum absolute atomic E-state index is 11.3. The van der Waals surface area contributed by atoms with Gasteiger partial charge < -0.3 is 15.0 Å². The van der Waals surface area contributed by atoms with Crippen LogP contribution in [0.1, 0.15) is 24.3 Å². The highest BCUT2D eigenvalue weighted by atomic mass is 16.4. The molecule has 0 atom stereocenters. The first-order valence-electron chi connectivity index (χ1n) is 4.53. The molecule has 1 aromatic rings. The van der Waals surface area contributed by atoms with Crippen LogP contribution in [0.2, 0.25) is 0 Å². The van der Waals surface area contributed by atoms with Crippen molar-refractivity contribution in [3.63, 3.8) is 0 Å². The summed E-state index contributed by atoms with van der Waals surface area (Å²) in [5.41, 5.74) is -0.0626. The summed E-state index contributed by atoms with van der Waals surface area (Å²) in [4.78, 5) is 25.4. The summed E-state index contributed by atoms with van der Waals surface area (Å²) in [6.45, 7) is 3.79. The van der Waals surface area contributed by atoms with Gasteiger partial charge in [0.25, 0.3) is 0 Å². The van der Waals surface area contributed by atoms with Gasteiger partial charge in [-0.1, -0.05) is 0 Å². The lowest BCUT2D eigenvalue weighted by atomic mass is 10.4. The van der Waals surface area contributed by atoms with E-state index < -0.39 is 5.97 Å². The van der Waals surface area contributed by atoms with Crippen LogP contribution in [0, 0.1) is 0 Å². The second-order valence-corrected chi connectivity index (χ2v) is 3.46. The van der Waals surface area contributed by atoms with Crippen LogP contribution in [0.4, 0.5) is 0 Å². The molecule has 15 heavy (non-hydrogen) atoms. The lowest BCUT2D eigenvalue weighted by Gasteiger charge is -2.07. The van der Waals surface area contributed by atoms with Crippen LogP contribution >= 0.6 is 0 Å². The van der Waals surface area contributed by atoms with E-state index in [-0.39, 0.29) is 24.2 Å². The molecule has 0 aliphatic heterocycles. The van der Waals surface area contributed by atoms with E-state index in [9.17, 15) is 9.59 Å². The summed E-state index contributed by atoms with van der Waals surface area (Å²) >= 11 is 0. The normalized spacial score (nSPS) is 10.3. The SMILES string of the molecule is CC(C)NC(=O)Cn1cnc(C(=O)O)c1. The van der Waals surface area contributed by atoms with Crippen LogP contribution in [0.5, 0.6) is 0 Å². The van der Waals surface area contributed by atoms with Crippen molar-refractivity contribution in [2.24, 2.45) is 0 Å². The number of carboxylic acids is 1. The first-order valence-corrected chi connectivity index (χ1v) is 4.53. The number of hydrogen-bond donors (Lipinski definition) is 2. The van der Waals surface area contributed by atoms with Crippen LogP contribution in [0.25, 0.3) is 0 Å². The Bertz CT molecular complexity index is 370. The lowest BCUT2D eigenvalue weighted by molar-refractivity contribution is -0.122. The first kappa shape index (κ1) is 11.2. The third-order valence-corrected chi connectivity index (χ3v) is 1.63. The number of amides is 1. The zero-order chi connectivity index (χ0) is 11.4. The van der Waals surface area contributed by atoms with Gasteiger partial charge in [-0.25, -0.2) is 9.78 Å². The van der Waals surface area contributed by atoms with E-state index in [0.29, 0.717) is 0 Å². The molecular weight excluding hydrogens is 198 g/mol. The van der Waals surface area contributed by atoms with E-state index in [1.54, 1.807) is 0 Å². The minimum absolute atomic E-state index is 0.0626. The Morgan fingerprint density at radius 1 is 1.60 bits per heavy atom. The molecule has 1 aromatic heterocycles. The van der Waals surface area contributed by atoms with E-state index in [0.717, 1.165) is 0 Å². The maximum atomic E-state index is 11.3. The molecule has 0 aliphatic carbocycles. The molecule has 0 saturated carbocycles. The van der Waals surface area contributed by atoms with E-state index in [2.05, 4.69) is 10.3 Å². The Hall–Kier alpha value is -1.85. The molecule has 0 fully saturated rings. The summed E-state index contributed by atoms with van der Waals surface area (Å²) < 4.78 is 1.43. The Kier molecular flexibility index (Phi) is 3.43. The number of nitrogens with zero attached hydrogens (tertiary/aromatic N) is 2. The molecule has 1 amide bonds. The van der Waals surface area contributed by atoms with Crippen molar-refractivity contribution in [3.05, 3.63) is 18.2 Å². The van der Waals surface area contributed by atoms with Crippen molar-refractivity contribution >= 4 is 11.9 Å². The van der Waals surface area contributed by atoms with E-state index in [1.807, 2.05) is 13.8 Å². The van der Waals surface area contributed by atoms with Crippen LogP contribution in [-0.2, 0) is 11.3 Å². The number of aromatic carboxylic acids is 1. The number of hydrogen-bond acceptors (Lipinski definition) is 3. The lowest BCUT2D eigenvalue weighted by Crippen LogP contribution is -2.32. The first-order chi connectivity index (χ1) is 6.99. The predicted octanol–water partition coefficient (Wildman–Crippen LogP) is 0.106. The van der Waals surface area contributed by atoms with Gasteiger partial charge in [0.15, 0.2) is 5.69 Å². The molecule has 6 nitrogen and oxygen atoms in total. The van der Waals surface area contributed by atoms with Crippen LogP contribution in [-0.4, -0.2) is 32.6 Å². The second kappa shape index (κ2) is 4.59. The topological polar surface area (TPSA) is 84.2 Å². The number of carbonyl (C=O) groups is 2. The fourth-order valence-electron chi connectivity index (χ4n) is 1.09. The predicted molar refractivity (Wildman–Crippen MR) is 52.5 cm³/mol. The smallest absolute Gasteiger partial charge is 0.356 e. The molecule has 82 valence electrons. The average molecular weight is 211 g/mol. The van der Waals surface area contributed by atoms with Gasteiger partial charge in [0.05, 0.1) is 6.33 Å². The molecule has 0 unspecified atom stereocenters. The van der Waals surface area contributed by atoms with Crippen molar-refractivity contribution in [3.8, 4) is 0 Å². The van der Waals surface area contributed by atoms with E-state index in [1.165, 1.54) is 17.1 Å². The minimum Gasteiger partial charge on any atom is -0.476 e. The summed E-state index contributed by atoms with van der Waals surface area (Å²) in [5.74, 6) is -1.27. The third-order valence-electron chi connectivity index (χ3n) is 1.63. The average Bonchev–Trinajstić information content (AvgIpc) is 2.50. The van der Waals surface area contributed by atoms with Crippen molar-refractivity contribution < 1.29 is 14.7 Å². The van der Waals surface area contributed by atoms with Crippen molar-refractivity contribution in [1.29, 1.82) is 0 Å². The highest BCUT2D eigenvalue weighted by Gasteiger charge is 2.09. The number of nitrogens with one attached hydrogen (secondary N) is 1. The fraction of sp³-hybridized carbons (Fsp3) is 0.444. The van der Waals surface area contributed by atoms with Gasteiger partial charge >= 0.3 is 5.97 Å². The summed E-state index contributed by atoms with van der Waals surface area (Å²) in [6, 6.07) is 0.0694. The Balaban J connectivity index is 2.57. The number of rotatable bonds is 4. The molecule has 0 saturated heterocycles. The highest BCUT2D eigenvalue weighted by molar-refractivity contribution is 5.85. The summed E-state index contributed by atoms with van der Waals surface area (Å²) in [6.07, 6.45) is 2.64. The Morgan fingerprint density at radius 2 is 2.27 bits per heavy atom. The fourth-order valence-corrected chi connectivity index (χ4v) is 1.09. The van der Waals surface area contributed by atoms with Crippen LogP contribution in [0.15, 0.2) is 12.5 Å². The molecule has 1 heterocycles. The number of aromatic nitrogens is 2. The van der Waals surface area contributed by atoms with Crippen LogP contribution < -0.4 is 5.32 Å². The minimum atomic E-state index is -1.10. The van der Waals surface area contributed by atoms with Crippen LogP contribution in [0.3, 0.4) is 0 Å². The summed E-state index contributed by atoms with van der Waals surface area (Å²) in [5, 5.41) is 11.3. The molecule has 0 spiro atoms. The molecular formula is C9H13N3O3. The van der Waals surface area contributed by atoms with Gasteiger partial charge in [0.2, 0.25) is 5.91 Å². The summed E-state index contributed by atoms with van der Waals surface area (Å²) in [7, 11) is 0. The van der Waals surface area contributed by atoms with Crippen molar-refractivity contribution in [1.82, 2.24) is 14.9 Å². The van der Waals surface area contributed by atoms with E-state index >= 15 is 0 Å². The monoisotopic (exact) mass is 211 g/mol. The number of carboxylic acid groups (broad SMARTS) is 1. The maximum Gasteiger partial charge on any atom is 0.356 e. The molecule has 0 aromatic carbocycles. The Morgan fingerprint density at radius 3 is 2.73 bits per heavy atom. The van der Waals surface area contributed by atoms with Gasteiger partial charge in [-0.3, -0.25) is 4.79 Å². The van der Waals surface area contributed by atoms with Crippen molar-refractivity contribution in [2.45, 2.75) is 26.4 Å². The van der Waals surface area contributed by atoms with Gasteiger partial charge in [-0.15, -0.1) is 0 Å². The number of imidazole rings is 1. The second-order valence-electron chi connectivity index (χ2n) is 3.46. The van der Waals surface area contributed by atoms with Gasteiger partial charge in [0, 0.05) is 12.2 Å². The van der Waals surface area contributed by atoms with Gasteiger partial charge in [-0.05, 0) is 13.8 Å². The van der Waals surface area contributed by atoms with E-state index in [4.69, 9.17) is 5.11 Å². The number of carbonyl (C=O) groups excluding carboxylic acids is 1. The van der Waals surface area contributed by atoms with Gasteiger partial charge in [-0.2, -0.15) is 0 Å². The van der Waals surface area contributed by atoms with Crippen molar-refractivity contribution in [2.75, 3.05) is 0 Å². The molecule has 2 N–H and O–H groups in total.